The summed E-state index contributed by atoms with van der Waals surface area (Å²) in [6, 6.07) is 3.83. The Kier molecular flexibility index (Phi) is 7.62. The van der Waals surface area contributed by atoms with Gasteiger partial charge in [0.15, 0.2) is 5.96 Å². The lowest BCUT2D eigenvalue weighted by Crippen LogP contribution is -2.39. The number of pyridine rings is 1. The second-order valence-electron chi connectivity index (χ2n) is 5.34. The van der Waals surface area contributed by atoms with Crippen molar-refractivity contribution in [3.8, 4) is 5.88 Å². The molecule has 1 fully saturated rings. The van der Waals surface area contributed by atoms with Crippen LogP contribution in [0.1, 0.15) is 18.9 Å². The minimum absolute atomic E-state index is 0.457. The van der Waals surface area contributed by atoms with Crippen LogP contribution in [-0.4, -0.2) is 61.8 Å². The molecule has 1 aromatic heterocycles. The van der Waals surface area contributed by atoms with E-state index in [1.54, 1.807) is 6.20 Å². The molecule has 128 valence electrons. The van der Waals surface area contributed by atoms with E-state index < -0.39 is 0 Å². The molecular weight excluding hydrogens is 294 g/mol. The Morgan fingerprint density at radius 2 is 2.30 bits per heavy atom. The number of hydrogen-bond acceptors (Lipinski definition) is 5. The predicted octanol–water partition coefficient (Wildman–Crippen LogP) is 0.607. The zero-order valence-corrected chi connectivity index (χ0v) is 13.8. The van der Waals surface area contributed by atoms with Gasteiger partial charge in [-0.15, -0.1) is 0 Å². The fourth-order valence-corrected chi connectivity index (χ4v) is 2.38. The van der Waals surface area contributed by atoms with E-state index in [1.165, 1.54) is 0 Å². The van der Waals surface area contributed by atoms with E-state index in [0.29, 0.717) is 25.0 Å². The van der Waals surface area contributed by atoms with Crippen molar-refractivity contribution in [3.05, 3.63) is 23.9 Å². The molecule has 23 heavy (non-hydrogen) atoms. The average Bonchev–Trinajstić information content (AvgIpc) is 2.59. The molecule has 0 radical (unpaired) electrons. The quantitative estimate of drug-likeness (QED) is 0.414. The standard InChI is InChI=1S/C16H27N5O2/c1-2-23-15-14(5-3-6-18-15)13-20-16(17)19-7-4-8-21-9-11-22-12-10-21/h3,5-6H,2,4,7-13H2,1H3,(H3,17,19,20). The molecule has 2 heterocycles. The van der Waals surface area contributed by atoms with Crippen LogP contribution < -0.4 is 15.8 Å². The molecule has 7 heteroatoms. The molecule has 1 saturated heterocycles. The van der Waals surface area contributed by atoms with Gasteiger partial charge in [-0.2, -0.15) is 0 Å². The number of nitrogens with one attached hydrogen (secondary N) is 1. The highest BCUT2D eigenvalue weighted by Gasteiger charge is 2.09. The summed E-state index contributed by atoms with van der Waals surface area (Å²) in [5, 5.41) is 3.15. The highest BCUT2D eigenvalue weighted by atomic mass is 16.5. The smallest absolute Gasteiger partial charge is 0.218 e. The van der Waals surface area contributed by atoms with Crippen molar-refractivity contribution in [1.82, 2.24) is 15.2 Å². The van der Waals surface area contributed by atoms with Gasteiger partial charge in [0.25, 0.3) is 0 Å². The van der Waals surface area contributed by atoms with Crippen molar-refractivity contribution >= 4 is 5.96 Å². The number of morpholine rings is 1. The number of aromatic nitrogens is 1. The minimum atomic E-state index is 0.457. The number of nitrogens with zero attached hydrogens (tertiary/aromatic N) is 3. The van der Waals surface area contributed by atoms with Crippen molar-refractivity contribution < 1.29 is 9.47 Å². The Morgan fingerprint density at radius 1 is 1.48 bits per heavy atom. The maximum absolute atomic E-state index is 5.91. The topological polar surface area (TPSA) is 85.0 Å². The van der Waals surface area contributed by atoms with Crippen molar-refractivity contribution in [2.75, 3.05) is 46.0 Å². The molecule has 0 amide bonds. The number of aliphatic imine (C=N–C) groups is 1. The summed E-state index contributed by atoms with van der Waals surface area (Å²) in [7, 11) is 0. The van der Waals surface area contributed by atoms with E-state index in [1.807, 2.05) is 19.1 Å². The molecule has 0 aliphatic carbocycles. The Hall–Kier alpha value is -1.86. The van der Waals surface area contributed by atoms with E-state index in [4.69, 9.17) is 15.2 Å². The first-order chi connectivity index (χ1) is 11.3. The second kappa shape index (κ2) is 10.0. The lowest BCUT2D eigenvalue weighted by Gasteiger charge is -2.26. The fraction of sp³-hybridized carbons (Fsp3) is 0.625. The normalized spacial score (nSPS) is 16.3. The van der Waals surface area contributed by atoms with Crippen LogP contribution in [0.4, 0.5) is 0 Å². The summed E-state index contributed by atoms with van der Waals surface area (Å²) in [6.07, 6.45) is 2.75. The molecule has 1 aliphatic rings. The van der Waals surface area contributed by atoms with Crippen molar-refractivity contribution in [1.29, 1.82) is 0 Å². The highest BCUT2D eigenvalue weighted by molar-refractivity contribution is 5.77. The van der Waals surface area contributed by atoms with Crippen LogP contribution >= 0.6 is 0 Å². The second-order valence-corrected chi connectivity index (χ2v) is 5.34. The van der Waals surface area contributed by atoms with Gasteiger partial charge in [0.1, 0.15) is 0 Å². The maximum Gasteiger partial charge on any atom is 0.218 e. The number of hydrogen-bond donors (Lipinski definition) is 2. The average molecular weight is 321 g/mol. The summed E-state index contributed by atoms with van der Waals surface area (Å²) in [5.74, 6) is 1.08. The van der Waals surface area contributed by atoms with Crippen LogP contribution in [0.3, 0.4) is 0 Å². The molecule has 0 saturated carbocycles. The van der Waals surface area contributed by atoms with Crippen LogP contribution in [0.2, 0.25) is 0 Å². The van der Waals surface area contributed by atoms with Gasteiger partial charge in [0.05, 0.1) is 26.4 Å². The number of rotatable bonds is 8. The van der Waals surface area contributed by atoms with E-state index in [9.17, 15) is 0 Å². The summed E-state index contributed by atoms with van der Waals surface area (Å²) in [5.41, 5.74) is 6.85. The largest absolute Gasteiger partial charge is 0.478 e. The van der Waals surface area contributed by atoms with E-state index in [0.717, 1.165) is 51.4 Å². The summed E-state index contributed by atoms with van der Waals surface area (Å²) < 4.78 is 10.8. The maximum atomic E-state index is 5.91. The van der Waals surface area contributed by atoms with E-state index >= 15 is 0 Å². The van der Waals surface area contributed by atoms with Gasteiger partial charge in [-0.3, -0.25) is 4.90 Å². The lowest BCUT2D eigenvalue weighted by molar-refractivity contribution is 0.0376. The van der Waals surface area contributed by atoms with Crippen molar-refractivity contribution in [3.63, 3.8) is 0 Å². The van der Waals surface area contributed by atoms with Crippen LogP contribution in [-0.2, 0) is 11.3 Å². The van der Waals surface area contributed by atoms with Gasteiger partial charge in [0.2, 0.25) is 5.88 Å². The molecule has 3 N–H and O–H groups in total. The zero-order chi connectivity index (χ0) is 16.3. The summed E-state index contributed by atoms with van der Waals surface area (Å²) in [4.78, 5) is 11.0. The molecule has 0 atom stereocenters. The minimum Gasteiger partial charge on any atom is -0.478 e. The third kappa shape index (κ3) is 6.42. The molecule has 0 aromatic carbocycles. The summed E-state index contributed by atoms with van der Waals surface area (Å²) >= 11 is 0. The van der Waals surface area contributed by atoms with Gasteiger partial charge in [-0.25, -0.2) is 9.98 Å². The van der Waals surface area contributed by atoms with Crippen LogP contribution in [0.15, 0.2) is 23.3 Å². The van der Waals surface area contributed by atoms with Gasteiger partial charge >= 0.3 is 0 Å². The molecule has 1 aromatic rings. The molecule has 1 aliphatic heterocycles. The first-order valence-electron chi connectivity index (χ1n) is 8.20. The Bertz CT molecular complexity index is 489. The molecule has 0 spiro atoms. The lowest BCUT2D eigenvalue weighted by atomic mass is 10.3. The Labute approximate surface area is 137 Å². The first kappa shape index (κ1) is 17.5. The predicted molar refractivity (Wildman–Crippen MR) is 90.6 cm³/mol. The Morgan fingerprint density at radius 3 is 3.09 bits per heavy atom. The number of guanidine groups is 1. The highest BCUT2D eigenvalue weighted by Crippen LogP contribution is 2.14. The zero-order valence-electron chi connectivity index (χ0n) is 13.8. The van der Waals surface area contributed by atoms with Gasteiger partial charge < -0.3 is 20.5 Å². The van der Waals surface area contributed by atoms with Crippen molar-refractivity contribution in [2.45, 2.75) is 19.9 Å². The van der Waals surface area contributed by atoms with Gasteiger partial charge in [-0.05, 0) is 26.0 Å². The Balaban J connectivity index is 1.68. The van der Waals surface area contributed by atoms with Crippen LogP contribution in [0.5, 0.6) is 5.88 Å². The molecule has 7 nitrogen and oxygen atoms in total. The first-order valence-corrected chi connectivity index (χ1v) is 8.20. The number of ether oxygens (including phenoxy) is 2. The third-order valence-electron chi connectivity index (χ3n) is 3.61. The molecular formula is C16H27N5O2. The van der Waals surface area contributed by atoms with Crippen LogP contribution in [0.25, 0.3) is 0 Å². The monoisotopic (exact) mass is 321 g/mol. The van der Waals surface area contributed by atoms with E-state index in [-0.39, 0.29) is 0 Å². The summed E-state index contributed by atoms with van der Waals surface area (Å²) in [6.45, 7) is 8.57. The fourth-order valence-electron chi connectivity index (χ4n) is 2.38. The number of nitrogens with two attached hydrogens (primary N) is 1. The molecule has 0 bridgehead atoms. The van der Waals surface area contributed by atoms with E-state index in [2.05, 4.69) is 20.2 Å². The van der Waals surface area contributed by atoms with Crippen molar-refractivity contribution in [2.24, 2.45) is 10.7 Å². The van der Waals surface area contributed by atoms with Gasteiger partial charge in [-0.1, -0.05) is 6.07 Å². The molecule has 2 rings (SSSR count). The van der Waals surface area contributed by atoms with Gasteiger partial charge in [0, 0.05) is 31.4 Å². The van der Waals surface area contributed by atoms with Crippen LogP contribution in [0, 0.1) is 0 Å². The third-order valence-corrected chi connectivity index (χ3v) is 3.61. The molecule has 0 unspecified atom stereocenters. The SMILES string of the molecule is CCOc1ncccc1CN=C(N)NCCCN1CCOCC1.